The topological polar surface area (TPSA) is 59.0 Å². The zero-order valence-electron chi connectivity index (χ0n) is 14.9. The molecule has 2 heterocycles. The number of anilines is 1. The maximum Gasteiger partial charge on any atom is 0.253 e. The van der Waals surface area contributed by atoms with E-state index < -0.39 is 0 Å². The minimum absolute atomic E-state index is 0.0387. The average Bonchev–Trinajstić information content (AvgIpc) is 3.41. The Balaban J connectivity index is 1.61. The second-order valence-corrected chi connectivity index (χ2v) is 7.47. The molecule has 0 N–H and O–H groups in total. The molecule has 136 valence electrons. The van der Waals surface area contributed by atoms with E-state index in [0.29, 0.717) is 5.13 Å². The number of hydrogen-bond acceptors (Lipinski definition) is 5. The minimum atomic E-state index is -0.0387. The van der Waals surface area contributed by atoms with E-state index in [0.717, 1.165) is 41.8 Å². The van der Waals surface area contributed by atoms with Gasteiger partial charge < -0.3 is 0 Å². The fraction of sp³-hybridized carbons (Fsp3) is 0.238. The van der Waals surface area contributed by atoms with Crippen LogP contribution in [0.3, 0.4) is 0 Å². The van der Waals surface area contributed by atoms with Crippen LogP contribution >= 0.6 is 11.3 Å². The Bertz CT molecular complexity index is 918. The molecular formula is C21H20N4OS. The first-order chi connectivity index (χ1) is 13.3. The number of hydrogen-bond donors (Lipinski definition) is 0. The molecule has 3 aromatic rings. The molecule has 0 saturated heterocycles. The van der Waals surface area contributed by atoms with Gasteiger partial charge in [-0.15, -0.1) is 10.2 Å². The predicted molar refractivity (Wildman–Crippen MR) is 108 cm³/mol. The van der Waals surface area contributed by atoms with Crippen molar-refractivity contribution in [3.05, 3.63) is 66.5 Å². The third-order valence-corrected chi connectivity index (χ3v) is 5.66. The van der Waals surface area contributed by atoms with Crippen LogP contribution in [0.15, 0.2) is 60.9 Å². The van der Waals surface area contributed by atoms with Gasteiger partial charge in [0.2, 0.25) is 5.13 Å². The molecule has 2 aromatic heterocycles. The lowest BCUT2D eigenvalue weighted by Crippen LogP contribution is -2.37. The number of aromatic nitrogens is 3. The van der Waals surface area contributed by atoms with Crippen LogP contribution in [0.1, 0.15) is 31.2 Å². The number of benzene rings is 1. The van der Waals surface area contributed by atoms with Gasteiger partial charge in [0.05, 0.1) is 0 Å². The highest BCUT2D eigenvalue weighted by molar-refractivity contribution is 7.18. The fourth-order valence-corrected chi connectivity index (χ4v) is 4.26. The number of amides is 1. The zero-order valence-corrected chi connectivity index (χ0v) is 15.7. The molecule has 5 nitrogen and oxygen atoms in total. The van der Waals surface area contributed by atoms with Crippen molar-refractivity contribution in [3.63, 3.8) is 0 Å². The molecule has 1 amide bonds. The molecule has 1 saturated carbocycles. The van der Waals surface area contributed by atoms with Crippen molar-refractivity contribution in [3.8, 4) is 10.6 Å². The third kappa shape index (κ3) is 4.11. The van der Waals surface area contributed by atoms with Gasteiger partial charge in [-0.05, 0) is 36.6 Å². The Labute approximate surface area is 162 Å². The SMILES string of the molecule is O=C(/C=C/c1ccccc1)N(c1nnc(-c2ccncc2)s1)C1CCCC1. The van der Waals surface area contributed by atoms with Crippen molar-refractivity contribution < 1.29 is 4.79 Å². The molecule has 0 aliphatic heterocycles. The van der Waals surface area contributed by atoms with E-state index >= 15 is 0 Å². The van der Waals surface area contributed by atoms with Crippen LogP contribution in [0, 0.1) is 0 Å². The Morgan fingerprint density at radius 3 is 2.52 bits per heavy atom. The first-order valence-corrected chi connectivity index (χ1v) is 9.93. The number of pyridine rings is 1. The maximum absolute atomic E-state index is 13.0. The number of nitrogens with zero attached hydrogens (tertiary/aromatic N) is 4. The number of carbonyl (C=O) groups excluding carboxylic acids is 1. The van der Waals surface area contributed by atoms with Gasteiger partial charge in [0, 0.05) is 30.1 Å². The van der Waals surface area contributed by atoms with Crippen LogP contribution in [-0.2, 0) is 4.79 Å². The van der Waals surface area contributed by atoms with Gasteiger partial charge >= 0.3 is 0 Å². The Morgan fingerprint density at radius 2 is 1.78 bits per heavy atom. The maximum atomic E-state index is 13.0. The smallest absolute Gasteiger partial charge is 0.253 e. The van der Waals surface area contributed by atoms with Crippen molar-refractivity contribution in [1.82, 2.24) is 15.2 Å². The summed E-state index contributed by atoms with van der Waals surface area (Å²) in [6.45, 7) is 0. The van der Waals surface area contributed by atoms with Crippen LogP contribution in [0.5, 0.6) is 0 Å². The van der Waals surface area contributed by atoms with Gasteiger partial charge in [0.25, 0.3) is 5.91 Å². The second-order valence-electron chi connectivity index (χ2n) is 6.52. The molecule has 1 aliphatic carbocycles. The van der Waals surface area contributed by atoms with Crippen molar-refractivity contribution >= 4 is 28.5 Å². The first kappa shape index (κ1) is 17.5. The lowest BCUT2D eigenvalue weighted by Gasteiger charge is -2.24. The highest BCUT2D eigenvalue weighted by Gasteiger charge is 2.29. The largest absolute Gasteiger partial charge is 0.280 e. The van der Waals surface area contributed by atoms with E-state index in [1.165, 1.54) is 11.3 Å². The summed E-state index contributed by atoms with van der Waals surface area (Å²) in [5, 5.41) is 10.1. The molecule has 27 heavy (non-hydrogen) atoms. The molecule has 0 spiro atoms. The van der Waals surface area contributed by atoms with E-state index in [9.17, 15) is 4.79 Å². The van der Waals surface area contributed by atoms with Gasteiger partial charge in [-0.3, -0.25) is 14.7 Å². The summed E-state index contributed by atoms with van der Waals surface area (Å²) < 4.78 is 0. The van der Waals surface area contributed by atoms with E-state index in [1.807, 2.05) is 53.4 Å². The lowest BCUT2D eigenvalue weighted by molar-refractivity contribution is -0.114. The summed E-state index contributed by atoms with van der Waals surface area (Å²) in [6, 6.07) is 13.9. The van der Waals surface area contributed by atoms with Crippen LogP contribution in [0.2, 0.25) is 0 Å². The Hall–Kier alpha value is -2.86. The Morgan fingerprint density at radius 1 is 1.04 bits per heavy atom. The molecule has 0 atom stereocenters. The summed E-state index contributed by atoms with van der Waals surface area (Å²) >= 11 is 1.45. The number of carbonyl (C=O) groups is 1. The molecule has 0 radical (unpaired) electrons. The molecule has 1 aromatic carbocycles. The van der Waals surface area contributed by atoms with Gasteiger partial charge in [-0.25, -0.2) is 0 Å². The third-order valence-electron chi connectivity index (χ3n) is 4.69. The van der Waals surface area contributed by atoms with Gasteiger partial charge in [-0.1, -0.05) is 54.5 Å². The first-order valence-electron chi connectivity index (χ1n) is 9.11. The van der Waals surface area contributed by atoms with E-state index in [2.05, 4.69) is 15.2 Å². The number of rotatable bonds is 5. The molecule has 4 rings (SSSR count). The fourth-order valence-electron chi connectivity index (χ4n) is 3.33. The lowest BCUT2D eigenvalue weighted by atomic mass is 10.2. The van der Waals surface area contributed by atoms with Gasteiger partial charge in [0.1, 0.15) is 5.01 Å². The van der Waals surface area contributed by atoms with Crippen LogP contribution < -0.4 is 4.90 Å². The quantitative estimate of drug-likeness (QED) is 0.611. The van der Waals surface area contributed by atoms with Crippen molar-refractivity contribution in [2.75, 3.05) is 4.90 Å². The highest BCUT2D eigenvalue weighted by Crippen LogP contribution is 2.33. The molecule has 0 bridgehead atoms. The Kier molecular flexibility index (Phi) is 5.34. The molecule has 0 unspecified atom stereocenters. The van der Waals surface area contributed by atoms with Crippen LogP contribution in [0.25, 0.3) is 16.6 Å². The molecular weight excluding hydrogens is 356 g/mol. The minimum Gasteiger partial charge on any atom is -0.280 e. The van der Waals surface area contributed by atoms with E-state index in [-0.39, 0.29) is 11.9 Å². The van der Waals surface area contributed by atoms with E-state index in [1.54, 1.807) is 18.5 Å². The molecule has 6 heteroatoms. The molecule has 1 aliphatic rings. The van der Waals surface area contributed by atoms with E-state index in [4.69, 9.17) is 0 Å². The summed E-state index contributed by atoms with van der Waals surface area (Å²) in [4.78, 5) is 18.9. The van der Waals surface area contributed by atoms with Crippen LogP contribution in [0.4, 0.5) is 5.13 Å². The van der Waals surface area contributed by atoms with Crippen LogP contribution in [-0.4, -0.2) is 27.1 Å². The normalized spacial score (nSPS) is 14.7. The summed E-state index contributed by atoms with van der Waals surface area (Å²) in [5.74, 6) is -0.0387. The monoisotopic (exact) mass is 376 g/mol. The van der Waals surface area contributed by atoms with Gasteiger partial charge in [0.15, 0.2) is 0 Å². The zero-order chi connectivity index (χ0) is 18.5. The second kappa shape index (κ2) is 8.22. The van der Waals surface area contributed by atoms with Crippen molar-refractivity contribution in [2.45, 2.75) is 31.7 Å². The van der Waals surface area contributed by atoms with Crippen molar-refractivity contribution in [2.24, 2.45) is 0 Å². The predicted octanol–water partition coefficient (Wildman–Crippen LogP) is 4.59. The summed E-state index contributed by atoms with van der Waals surface area (Å²) in [6.07, 6.45) is 11.3. The highest BCUT2D eigenvalue weighted by atomic mass is 32.1. The average molecular weight is 376 g/mol. The molecule has 1 fully saturated rings. The van der Waals surface area contributed by atoms with Crippen molar-refractivity contribution in [1.29, 1.82) is 0 Å². The van der Waals surface area contributed by atoms with Gasteiger partial charge in [-0.2, -0.15) is 0 Å². The summed E-state index contributed by atoms with van der Waals surface area (Å²) in [5.41, 5.74) is 1.97. The summed E-state index contributed by atoms with van der Waals surface area (Å²) in [7, 11) is 0. The standard InChI is InChI=1S/C21H20N4OS/c26-19(11-10-16-6-2-1-3-7-16)25(18-8-4-5-9-18)21-24-23-20(27-21)17-12-14-22-15-13-17/h1-3,6-7,10-15,18H,4-5,8-9H2/b11-10+.